The highest BCUT2D eigenvalue weighted by Gasteiger charge is 2.13. The number of thiazole rings is 1. The van der Waals surface area contributed by atoms with Gasteiger partial charge in [0.15, 0.2) is 10.9 Å². The highest BCUT2D eigenvalue weighted by Crippen LogP contribution is 2.19. The van der Waals surface area contributed by atoms with Gasteiger partial charge in [-0.05, 0) is 30.3 Å². The number of amides is 2. The molecule has 28 heavy (non-hydrogen) atoms. The second kappa shape index (κ2) is 8.23. The number of furan rings is 1. The third-order valence-corrected chi connectivity index (χ3v) is 4.72. The Bertz CT molecular complexity index is 1090. The Morgan fingerprint density at radius 2 is 1.93 bits per heavy atom. The van der Waals surface area contributed by atoms with E-state index in [0.717, 1.165) is 6.26 Å². The zero-order chi connectivity index (χ0) is 20.1. The minimum Gasteiger partial charge on any atom is -0.459 e. The lowest BCUT2D eigenvalue weighted by molar-refractivity contribution is -0.115. The van der Waals surface area contributed by atoms with E-state index in [9.17, 15) is 18.0 Å². The van der Waals surface area contributed by atoms with Crippen molar-refractivity contribution in [2.45, 2.75) is 6.42 Å². The van der Waals surface area contributed by atoms with Crippen LogP contribution in [0.3, 0.4) is 0 Å². The van der Waals surface area contributed by atoms with Gasteiger partial charge in [0, 0.05) is 11.1 Å². The fraction of sp³-hybridized carbons (Fsp3) is 0.118. The molecular formula is C17H16N4O5S2. The van der Waals surface area contributed by atoms with Crippen molar-refractivity contribution in [2.75, 3.05) is 21.6 Å². The Morgan fingerprint density at radius 3 is 2.64 bits per heavy atom. The molecule has 2 heterocycles. The third kappa shape index (κ3) is 5.66. The molecule has 0 aliphatic heterocycles. The summed E-state index contributed by atoms with van der Waals surface area (Å²) in [5.41, 5.74) is 1.28. The van der Waals surface area contributed by atoms with E-state index in [-0.39, 0.29) is 18.1 Å². The predicted molar refractivity (Wildman–Crippen MR) is 106 cm³/mol. The molecule has 0 unspecified atom stereocenters. The molecule has 0 fully saturated rings. The maximum atomic E-state index is 12.2. The summed E-state index contributed by atoms with van der Waals surface area (Å²) >= 11 is 1.19. The molecule has 2 amide bonds. The first-order valence-electron chi connectivity index (χ1n) is 7.95. The van der Waals surface area contributed by atoms with Crippen molar-refractivity contribution in [3.8, 4) is 0 Å². The Balaban J connectivity index is 1.58. The molecule has 0 aliphatic rings. The molecule has 3 aromatic rings. The molecule has 11 heteroatoms. The predicted octanol–water partition coefficient (Wildman–Crippen LogP) is 2.54. The first-order chi connectivity index (χ1) is 13.3. The van der Waals surface area contributed by atoms with Crippen LogP contribution >= 0.6 is 11.3 Å². The molecule has 2 aromatic heterocycles. The van der Waals surface area contributed by atoms with Gasteiger partial charge >= 0.3 is 0 Å². The molecule has 0 aliphatic carbocycles. The molecule has 0 radical (unpaired) electrons. The Labute approximate surface area is 164 Å². The van der Waals surface area contributed by atoms with Crippen LogP contribution in [0, 0.1) is 0 Å². The van der Waals surface area contributed by atoms with Crippen LogP contribution in [-0.4, -0.2) is 31.5 Å². The van der Waals surface area contributed by atoms with Gasteiger partial charge in [0.25, 0.3) is 5.91 Å². The summed E-state index contributed by atoms with van der Waals surface area (Å²) in [4.78, 5) is 28.3. The van der Waals surface area contributed by atoms with Crippen LogP contribution in [0.1, 0.15) is 16.2 Å². The van der Waals surface area contributed by atoms with Crippen LogP contribution in [0.5, 0.6) is 0 Å². The Kier molecular flexibility index (Phi) is 5.76. The van der Waals surface area contributed by atoms with Crippen molar-refractivity contribution in [2.24, 2.45) is 0 Å². The average Bonchev–Trinajstić information content (AvgIpc) is 3.25. The average molecular weight is 420 g/mol. The van der Waals surface area contributed by atoms with Gasteiger partial charge in [-0.3, -0.25) is 19.6 Å². The van der Waals surface area contributed by atoms with Crippen molar-refractivity contribution in [1.82, 2.24) is 4.98 Å². The Morgan fingerprint density at radius 1 is 1.14 bits per heavy atom. The van der Waals surface area contributed by atoms with E-state index in [1.165, 1.54) is 29.7 Å². The lowest BCUT2D eigenvalue weighted by Gasteiger charge is -2.08. The summed E-state index contributed by atoms with van der Waals surface area (Å²) in [6.45, 7) is 0. The highest BCUT2D eigenvalue weighted by atomic mass is 32.2. The van der Waals surface area contributed by atoms with Gasteiger partial charge in [0.1, 0.15) is 0 Å². The molecule has 0 spiro atoms. The van der Waals surface area contributed by atoms with Crippen LogP contribution in [0.25, 0.3) is 0 Å². The number of anilines is 3. The van der Waals surface area contributed by atoms with Gasteiger partial charge < -0.3 is 9.73 Å². The van der Waals surface area contributed by atoms with Crippen molar-refractivity contribution in [3.05, 3.63) is 59.5 Å². The van der Waals surface area contributed by atoms with E-state index in [4.69, 9.17) is 4.42 Å². The minimum absolute atomic E-state index is 0.00312. The molecule has 0 saturated heterocycles. The molecule has 0 bridgehead atoms. The minimum atomic E-state index is -3.41. The maximum absolute atomic E-state index is 12.2. The zero-order valence-electron chi connectivity index (χ0n) is 14.6. The molecule has 9 nitrogen and oxygen atoms in total. The molecule has 146 valence electrons. The van der Waals surface area contributed by atoms with E-state index in [1.807, 2.05) is 0 Å². The summed E-state index contributed by atoms with van der Waals surface area (Å²) in [7, 11) is -3.41. The van der Waals surface area contributed by atoms with Crippen molar-refractivity contribution in [3.63, 3.8) is 0 Å². The lowest BCUT2D eigenvalue weighted by Crippen LogP contribution is -2.15. The molecule has 0 atom stereocenters. The van der Waals surface area contributed by atoms with Crippen molar-refractivity contribution < 1.29 is 22.4 Å². The standard InChI is InChI=1S/C17H16N4O5S2/c1-28(24,25)21-12-5-2-4-11(8-12)18-15(22)9-13-10-27-17(19-13)20-16(23)14-6-3-7-26-14/h2-8,10,21H,9H2,1H3,(H,18,22)(H,19,20,23). The summed E-state index contributed by atoms with van der Waals surface area (Å²) in [5.74, 6) is -0.590. The first kappa shape index (κ1) is 19.6. The summed E-state index contributed by atoms with van der Waals surface area (Å²) in [6, 6.07) is 9.48. The molecular weight excluding hydrogens is 404 g/mol. The number of aromatic nitrogens is 1. The fourth-order valence-electron chi connectivity index (χ4n) is 2.26. The van der Waals surface area contributed by atoms with Crippen LogP contribution < -0.4 is 15.4 Å². The van der Waals surface area contributed by atoms with Crippen molar-refractivity contribution in [1.29, 1.82) is 0 Å². The van der Waals surface area contributed by atoms with E-state index in [1.54, 1.807) is 29.6 Å². The number of benzene rings is 1. The molecule has 3 N–H and O–H groups in total. The number of nitrogens with one attached hydrogen (secondary N) is 3. The van der Waals surface area contributed by atoms with Gasteiger partial charge in [-0.2, -0.15) is 0 Å². The second-order valence-corrected chi connectivity index (χ2v) is 8.36. The summed E-state index contributed by atoms with van der Waals surface area (Å²) < 4.78 is 29.9. The van der Waals surface area contributed by atoms with Crippen molar-refractivity contribution >= 4 is 49.7 Å². The highest BCUT2D eigenvalue weighted by molar-refractivity contribution is 7.92. The normalized spacial score (nSPS) is 11.0. The molecule has 0 saturated carbocycles. The van der Waals surface area contributed by atoms with Gasteiger partial charge in [0.05, 0.1) is 30.3 Å². The van der Waals surface area contributed by atoms with E-state index in [2.05, 4.69) is 20.3 Å². The van der Waals surface area contributed by atoms with E-state index in [0.29, 0.717) is 22.2 Å². The topological polar surface area (TPSA) is 130 Å². The smallest absolute Gasteiger partial charge is 0.293 e. The quantitative estimate of drug-likeness (QED) is 0.538. The Hall–Kier alpha value is -3.18. The number of nitrogens with zero attached hydrogens (tertiary/aromatic N) is 1. The van der Waals surface area contributed by atoms with Crippen LogP contribution in [0.15, 0.2) is 52.5 Å². The number of sulfonamides is 1. The van der Waals surface area contributed by atoms with Gasteiger partial charge in [-0.25, -0.2) is 13.4 Å². The molecule has 1 aromatic carbocycles. The number of carbonyl (C=O) groups is 2. The summed E-state index contributed by atoms with van der Waals surface area (Å²) in [6.07, 6.45) is 2.44. The fourth-order valence-corrected chi connectivity index (χ4v) is 3.52. The molecule has 3 rings (SSSR count). The lowest BCUT2D eigenvalue weighted by atomic mass is 10.2. The van der Waals surface area contributed by atoms with E-state index >= 15 is 0 Å². The van der Waals surface area contributed by atoms with Crippen LogP contribution in [-0.2, 0) is 21.2 Å². The van der Waals surface area contributed by atoms with Gasteiger partial charge in [-0.15, -0.1) is 11.3 Å². The largest absolute Gasteiger partial charge is 0.459 e. The van der Waals surface area contributed by atoms with Gasteiger partial charge in [0.2, 0.25) is 15.9 Å². The maximum Gasteiger partial charge on any atom is 0.293 e. The van der Waals surface area contributed by atoms with Gasteiger partial charge in [-0.1, -0.05) is 6.07 Å². The first-order valence-corrected chi connectivity index (χ1v) is 10.7. The SMILES string of the molecule is CS(=O)(=O)Nc1cccc(NC(=O)Cc2csc(NC(=O)c3ccco3)n2)c1. The monoisotopic (exact) mass is 420 g/mol. The van der Waals surface area contributed by atoms with Crippen LogP contribution in [0.2, 0.25) is 0 Å². The number of rotatable bonds is 7. The number of carbonyl (C=O) groups excluding carboxylic acids is 2. The third-order valence-electron chi connectivity index (χ3n) is 3.31. The number of hydrogen-bond donors (Lipinski definition) is 3. The summed E-state index contributed by atoms with van der Waals surface area (Å²) in [5, 5.41) is 7.29. The van der Waals surface area contributed by atoms with Crippen LogP contribution in [0.4, 0.5) is 16.5 Å². The number of hydrogen-bond acceptors (Lipinski definition) is 7. The van der Waals surface area contributed by atoms with E-state index < -0.39 is 15.9 Å². The zero-order valence-corrected chi connectivity index (χ0v) is 16.3. The second-order valence-electron chi connectivity index (χ2n) is 5.76.